The highest BCUT2D eigenvalue weighted by Gasteiger charge is 2.04. The molecular weight excluding hydrogens is 234 g/mol. The van der Waals surface area contributed by atoms with E-state index in [1.165, 1.54) is 43.2 Å². The highest BCUT2D eigenvalue weighted by Crippen LogP contribution is 2.22. The summed E-state index contributed by atoms with van der Waals surface area (Å²) in [6.45, 7) is 7.16. The van der Waals surface area contributed by atoms with E-state index in [0.29, 0.717) is 0 Å². The van der Waals surface area contributed by atoms with Crippen LogP contribution in [0.4, 0.5) is 0 Å². The molecule has 0 amide bonds. The molecule has 2 N–H and O–H groups in total. The first-order chi connectivity index (χ1) is 9.15. The van der Waals surface area contributed by atoms with E-state index in [1.54, 1.807) is 0 Å². The van der Waals surface area contributed by atoms with Gasteiger partial charge >= 0.3 is 0 Å². The number of ether oxygens (including phenoxy) is 1. The molecule has 0 unspecified atom stereocenters. The van der Waals surface area contributed by atoms with Gasteiger partial charge in [0.05, 0.1) is 6.61 Å². The second-order valence-electron chi connectivity index (χ2n) is 5.43. The Hall–Kier alpha value is -1.02. The molecule has 2 nitrogen and oxygen atoms in total. The second kappa shape index (κ2) is 8.98. The van der Waals surface area contributed by atoms with Crippen molar-refractivity contribution in [1.82, 2.24) is 0 Å². The molecule has 0 heterocycles. The van der Waals surface area contributed by atoms with Gasteiger partial charge in [-0.25, -0.2) is 0 Å². The van der Waals surface area contributed by atoms with Crippen molar-refractivity contribution < 1.29 is 4.74 Å². The molecule has 108 valence electrons. The quantitative estimate of drug-likeness (QED) is 0.652. The summed E-state index contributed by atoms with van der Waals surface area (Å²) in [5, 5.41) is 0. The second-order valence-corrected chi connectivity index (χ2v) is 5.43. The first-order valence-electron chi connectivity index (χ1n) is 7.64. The lowest BCUT2D eigenvalue weighted by molar-refractivity contribution is 0.302. The molecule has 2 heteroatoms. The standard InChI is InChI=1S/C17H29NO/c1-4-5-6-7-8-9-12-19-17-11-10-16(15(3)18)13-14(17)2/h10-11,13,15H,4-9,12,18H2,1-3H3/t15-/m0/s1. The number of nitrogens with two attached hydrogens (primary N) is 1. The van der Waals surface area contributed by atoms with Gasteiger partial charge in [-0.05, 0) is 37.5 Å². The molecule has 0 radical (unpaired) electrons. The molecule has 1 aromatic carbocycles. The Morgan fingerprint density at radius 2 is 1.79 bits per heavy atom. The summed E-state index contributed by atoms with van der Waals surface area (Å²) in [7, 11) is 0. The monoisotopic (exact) mass is 263 g/mol. The predicted octanol–water partition coefficient (Wildman–Crippen LogP) is 4.75. The fourth-order valence-corrected chi connectivity index (χ4v) is 2.18. The highest BCUT2D eigenvalue weighted by molar-refractivity contribution is 5.37. The lowest BCUT2D eigenvalue weighted by atomic mass is 10.1. The first kappa shape index (κ1) is 16.0. The van der Waals surface area contributed by atoms with Crippen molar-refractivity contribution >= 4 is 0 Å². The zero-order chi connectivity index (χ0) is 14.1. The van der Waals surface area contributed by atoms with Gasteiger partial charge in [-0.15, -0.1) is 0 Å². The van der Waals surface area contributed by atoms with Crippen LogP contribution in [0.5, 0.6) is 5.75 Å². The van der Waals surface area contributed by atoms with E-state index < -0.39 is 0 Å². The van der Waals surface area contributed by atoms with Crippen LogP contribution in [0.3, 0.4) is 0 Å². The summed E-state index contributed by atoms with van der Waals surface area (Å²) in [5.41, 5.74) is 8.22. The smallest absolute Gasteiger partial charge is 0.122 e. The van der Waals surface area contributed by atoms with E-state index in [2.05, 4.69) is 26.0 Å². The fourth-order valence-electron chi connectivity index (χ4n) is 2.18. The predicted molar refractivity (Wildman–Crippen MR) is 82.7 cm³/mol. The topological polar surface area (TPSA) is 35.2 Å². The molecule has 1 atom stereocenters. The number of rotatable bonds is 9. The Bertz CT molecular complexity index is 360. The van der Waals surface area contributed by atoms with Crippen LogP contribution < -0.4 is 10.5 Å². The Balaban J connectivity index is 2.26. The third-order valence-corrected chi connectivity index (χ3v) is 3.48. The molecule has 0 aliphatic carbocycles. The van der Waals surface area contributed by atoms with Crippen molar-refractivity contribution in [2.75, 3.05) is 6.61 Å². The van der Waals surface area contributed by atoms with Crippen molar-refractivity contribution in [2.24, 2.45) is 5.73 Å². The van der Waals surface area contributed by atoms with Crippen molar-refractivity contribution in [3.05, 3.63) is 29.3 Å². The van der Waals surface area contributed by atoms with E-state index in [-0.39, 0.29) is 6.04 Å². The van der Waals surface area contributed by atoms with Crippen LogP contribution in [0.2, 0.25) is 0 Å². The number of hydrogen-bond donors (Lipinski definition) is 1. The van der Waals surface area contributed by atoms with Gasteiger partial charge in [0.1, 0.15) is 5.75 Å². The number of aryl methyl sites for hydroxylation is 1. The van der Waals surface area contributed by atoms with E-state index in [9.17, 15) is 0 Å². The van der Waals surface area contributed by atoms with Crippen molar-refractivity contribution in [3.63, 3.8) is 0 Å². The minimum absolute atomic E-state index is 0.0892. The molecule has 0 aromatic heterocycles. The third kappa shape index (κ3) is 6.11. The molecule has 0 saturated heterocycles. The van der Waals surface area contributed by atoms with Crippen molar-refractivity contribution in [3.8, 4) is 5.75 Å². The average molecular weight is 263 g/mol. The van der Waals surface area contributed by atoms with Crippen LogP contribution in [-0.2, 0) is 0 Å². The van der Waals surface area contributed by atoms with Crippen LogP contribution >= 0.6 is 0 Å². The maximum Gasteiger partial charge on any atom is 0.122 e. The normalized spacial score (nSPS) is 12.4. The van der Waals surface area contributed by atoms with Crippen molar-refractivity contribution in [2.45, 2.75) is 65.3 Å². The Morgan fingerprint density at radius 1 is 1.11 bits per heavy atom. The molecule has 19 heavy (non-hydrogen) atoms. The summed E-state index contributed by atoms with van der Waals surface area (Å²) in [5.74, 6) is 0.998. The summed E-state index contributed by atoms with van der Waals surface area (Å²) in [6, 6.07) is 6.33. The van der Waals surface area contributed by atoms with Crippen molar-refractivity contribution in [1.29, 1.82) is 0 Å². The molecule has 0 aliphatic rings. The van der Waals surface area contributed by atoms with Gasteiger partial charge in [0.15, 0.2) is 0 Å². The molecule has 0 bridgehead atoms. The van der Waals surface area contributed by atoms with E-state index >= 15 is 0 Å². The maximum absolute atomic E-state index is 5.87. The number of unbranched alkanes of at least 4 members (excludes halogenated alkanes) is 5. The third-order valence-electron chi connectivity index (χ3n) is 3.48. The highest BCUT2D eigenvalue weighted by atomic mass is 16.5. The van der Waals surface area contributed by atoms with E-state index in [0.717, 1.165) is 18.8 Å². The molecule has 0 saturated carbocycles. The summed E-state index contributed by atoms with van der Waals surface area (Å²) in [4.78, 5) is 0. The SMILES string of the molecule is CCCCCCCCOc1ccc([C@H](C)N)cc1C. The van der Waals surface area contributed by atoms with Gasteiger partial charge in [0.25, 0.3) is 0 Å². The van der Waals surface area contributed by atoms with Gasteiger partial charge in [0.2, 0.25) is 0 Å². The number of hydrogen-bond acceptors (Lipinski definition) is 2. The van der Waals surface area contributed by atoms with Gasteiger partial charge in [-0.3, -0.25) is 0 Å². The molecule has 1 aromatic rings. The molecular formula is C17H29NO. The summed E-state index contributed by atoms with van der Waals surface area (Å²) < 4.78 is 5.84. The van der Waals surface area contributed by atoms with Gasteiger partial charge in [-0.1, -0.05) is 51.2 Å². The van der Waals surface area contributed by atoms with Gasteiger partial charge in [-0.2, -0.15) is 0 Å². The molecule has 0 aliphatic heterocycles. The minimum Gasteiger partial charge on any atom is -0.493 e. The van der Waals surface area contributed by atoms with E-state index in [4.69, 9.17) is 10.5 Å². The van der Waals surface area contributed by atoms with Crippen LogP contribution in [0.25, 0.3) is 0 Å². The summed E-state index contributed by atoms with van der Waals surface area (Å²) >= 11 is 0. The molecule has 0 fully saturated rings. The maximum atomic E-state index is 5.87. The zero-order valence-corrected chi connectivity index (χ0v) is 12.7. The fraction of sp³-hybridized carbons (Fsp3) is 0.647. The lowest BCUT2D eigenvalue weighted by Crippen LogP contribution is -2.06. The minimum atomic E-state index is 0.0892. The Kier molecular flexibility index (Phi) is 7.57. The van der Waals surface area contributed by atoms with Crippen LogP contribution in [0.1, 0.15) is 69.5 Å². The number of benzene rings is 1. The Morgan fingerprint density at radius 3 is 2.42 bits per heavy atom. The lowest BCUT2D eigenvalue weighted by Gasteiger charge is -2.12. The first-order valence-corrected chi connectivity index (χ1v) is 7.64. The largest absolute Gasteiger partial charge is 0.493 e. The van der Waals surface area contributed by atoms with Crippen LogP contribution in [0.15, 0.2) is 18.2 Å². The summed E-state index contributed by atoms with van der Waals surface area (Å²) in [6.07, 6.45) is 7.79. The average Bonchev–Trinajstić information content (AvgIpc) is 2.39. The van der Waals surface area contributed by atoms with Crippen LogP contribution in [0, 0.1) is 6.92 Å². The van der Waals surface area contributed by atoms with Crippen LogP contribution in [-0.4, -0.2) is 6.61 Å². The van der Waals surface area contributed by atoms with Gasteiger partial charge < -0.3 is 10.5 Å². The zero-order valence-electron chi connectivity index (χ0n) is 12.7. The van der Waals surface area contributed by atoms with E-state index in [1.807, 2.05) is 13.0 Å². The molecule has 0 spiro atoms. The Labute approximate surface area is 118 Å². The molecule has 1 rings (SSSR count). The van der Waals surface area contributed by atoms with Gasteiger partial charge in [0, 0.05) is 6.04 Å².